The van der Waals surface area contributed by atoms with Gasteiger partial charge in [0, 0.05) is 22.9 Å². The van der Waals surface area contributed by atoms with E-state index in [4.69, 9.17) is 0 Å². The van der Waals surface area contributed by atoms with Crippen LogP contribution in [-0.2, 0) is 17.9 Å². The summed E-state index contributed by atoms with van der Waals surface area (Å²) in [6, 6.07) is 11.9. The van der Waals surface area contributed by atoms with Crippen molar-refractivity contribution in [2.45, 2.75) is 24.8 Å². The lowest BCUT2D eigenvalue weighted by Gasteiger charge is -2.40. The number of benzene rings is 2. The molecule has 1 atom stereocenters. The molecule has 1 aliphatic rings. The van der Waals surface area contributed by atoms with Crippen LogP contribution in [0.25, 0.3) is 11.4 Å². The molecule has 0 amide bonds. The van der Waals surface area contributed by atoms with Gasteiger partial charge in [-0.3, -0.25) is 4.98 Å². The maximum atomic E-state index is 15.9. The first-order chi connectivity index (χ1) is 15.8. The molecule has 5 nitrogen and oxygen atoms in total. The molecule has 164 valence electrons. The maximum absolute atomic E-state index is 15.9. The Hall–Kier alpha value is -4.06. The molecule has 2 aromatic carbocycles. The van der Waals surface area contributed by atoms with Crippen LogP contribution in [0.4, 0.5) is 17.6 Å². The van der Waals surface area contributed by atoms with Crippen molar-refractivity contribution in [1.29, 1.82) is 0 Å². The van der Waals surface area contributed by atoms with Crippen LogP contribution in [-0.4, -0.2) is 25.2 Å². The average Bonchev–Trinajstić information content (AvgIpc) is 3.27. The summed E-state index contributed by atoms with van der Waals surface area (Å²) < 4.78 is 60.0. The third kappa shape index (κ3) is 3.44. The van der Waals surface area contributed by atoms with Crippen LogP contribution >= 0.6 is 0 Å². The zero-order valence-electron chi connectivity index (χ0n) is 17.2. The lowest BCUT2D eigenvalue weighted by atomic mass is 9.71. The molecule has 5 rings (SSSR count). The number of hydrogen-bond donors (Lipinski definition) is 0. The Labute approximate surface area is 186 Å². The molecular formula is C24H15F4N5. The molecule has 0 N–H and O–H groups in total. The average molecular weight is 449 g/mol. The molecule has 9 heteroatoms. The van der Waals surface area contributed by atoms with Gasteiger partial charge >= 0.3 is 5.92 Å². The number of tetrazole rings is 1. The lowest BCUT2D eigenvalue weighted by molar-refractivity contribution is -0.0925. The summed E-state index contributed by atoms with van der Waals surface area (Å²) >= 11 is 0. The van der Waals surface area contributed by atoms with Crippen molar-refractivity contribution in [3.63, 3.8) is 0 Å². The third-order valence-corrected chi connectivity index (χ3v) is 5.79. The van der Waals surface area contributed by atoms with Crippen LogP contribution < -0.4 is 0 Å². The smallest absolute Gasteiger partial charge is 0.254 e. The van der Waals surface area contributed by atoms with E-state index in [1.165, 1.54) is 60.3 Å². The zero-order chi connectivity index (χ0) is 23.2. The molecule has 2 aromatic heterocycles. The van der Waals surface area contributed by atoms with Gasteiger partial charge in [0.2, 0.25) is 0 Å². The molecule has 0 saturated heterocycles. The zero-order valence-corrected chi connectivity index (χ0v) is 17.2. The fraction of sp³-hybridized carbons (Fsp3) is 0.167. The number of pyridine rings is 1. The van der Waals surface area contributed by atoms with E-state index < -0.39 is 22.8 Å². The van der Waals surface area contributed by atoms with Crippen molar-refractivity contribution >= 4 is 0 Å². The van der Waals surface area contributed by atoms with Gasteiger partial charge in [0.25, 0.3) is 0 Å². The Kier molecular flexibility index (Phi) is 4.74. The van der Waals surface area contributed by atoms with Crippen LogP contribution in [0.1, 0.15) is 29.3 Å². The lowest BCUT2D eigenvalue weighted by Crippen LogP contribution is -2.47. The Morgan fingerprint density at radius 2 is 1.64 bits per heavy atom. The summed E-state index contributed by atoms with van der Waals surface area (Å²) in [7, 11) is 0. The number of nitrogens with zero attached hydrogens (tertiary/aromatic N) is 5. The van der Waals surface area contributed by atoms with Gasteiger partial charge < -0.3 is 0 Å². The normalized spacial score (nSPS) is 17.0. The van der Waals surface area contributed by atoms with E-state index in [9.17, 15) is 8.78 Å². The Balaban J connectivity index is 1.51. The van der Waals surface area contributed by atoms with Gasteiger partial charge in [0.05, 0.1) is 12.0 Å². The minimum Gasteiger partial charge on any atom is -0.254 e. The van der Waals surface area contributed by atoms with Crippen LogP contribution in [0.15, 0.2) is 60.8 Å². The summed E-state index contributed by atoms with van der Waals surface area (Å²) in [5.74, 6) is 1.52. The predicted octanol–water partition coefficient (Wildman–Crippen LogP) is 4.48. The third-order valence-electron chi connectivity index (χ3n) is 5.79. The van der Waals surface area contributed by atoms with Crippen LogP contribution in [0.5, 0.6) is 0 Å². The summed E-state index contributed by atoms with van der Waals surface area (Å²) in [6.45, 7) is 1.17. The first-order valence-corrected chi connectivity index (χ1v) is 9.96. The second-order valence-electron chi connectivity index (χ2n) is 7.95. The summed E-state index contributed by atoms with van der Waals surface area (Å²) in [5, 5.41) is 11.2. The van der Waals surface area contributed by atoms with Crippen LogP contribution in [0.2, 0.25) is 0 Å². The topological polar surface area (TPSA) is 56.5 Å². The molecule has 1 unspecified atom stereocenters. The molecule has 0 fully saturated rings. The Bertz CT molecular complexity index is 1400. The van der Waals surface area contributed by atoms with Crippen molar-refractivity contribution < 1.29 is 17.6 Å². The summed E-state index contributed by atoms with van der Waals surface area (Å²) in [5.41, 5.74) is -0.774. The van der Waals surface area contributed by atoms with Crippen molar-refractivity contribution in [3.8, 4) is 23.2 Å². The number of rotatable bonds is 2. The fourth-order valence-electron chi connectivity index (χ4n) is 3.95. The van der Waals surface area contributed by atoms with E-state index in [0.29, 0.717) is 11.1 Å². The highest BCUT2D eigenvalue weighted by Gasteiger charge is 2.57. The monoisotopic (exact) mass is 449 g/mol. The van der Waals surface area contributed by atoms with Crippen molar-refractivity contribution in [3.05, 3.63) is 94.8 Å². The fourth-order valence-corrected chi connectivity index (χ4v) is 3.95. The molecule has 33 heavy (non-hydrogen) atoms. The van der Waals surface area contributed by atoms with Gasteiger partial charge in [-0.1, -0.05) is 17.9 Å². The van der Waals surface area contributed by atoms with Gasteiger partial charge in [-0.05, 0) is 71.4 Å². The van der Waals surface area contributed by atoms with Gasteiger partial charge in [-0.15, -0.1) is 5.10 Å². The number of aromatic nitrogens is 5. The molecular weight excluding hydrogens is 434 g/mol. The minimum atomic E-state index is -3.44. The van der Waals surface area contributed by atoms with Crippen molar-refractivity contribution in [2.24, 2.45) is 0 Å². The summed E-state index contributed by atoms with van der Waals surface area (Å²) in [4.78, 5) is 3.98. The molecule has 0 radical (unpaired) electrons. The van der Waals surface area contributed by atoms with Gasteiger partial charge in [0.15, 0.2) is 5.82 Å². The molecule has 3 heterocycles. The first-order valence-electron chi connectivity index (χ1n) is 9.96. The Morgan fingerprint density at radius 3 is 2.36 bits per heavy atom. The molecule has 1 aliphatic heterocycles. The molecule has 4 aromatic rings. The van der Waals surface area contributed by atoms with Gasteiger partial charge in [-0.25, -0.2) is 13.5 Å². The highest BCUT2D eigenvalue weighted by atomic mass is 19.3. The molecule has 0 aliphatic carbocycles. The number of fused-ring (bicyclic) bond motifs is 3. The highest BCUT2D eigenvalue weighted by molar-refractivity contribution is 5.65. The SMILES string of the molecule is CC1(C(F)(F)c2ccc(C#Cc3ccc(F)cc3)cn2)Cn2nnnc2-c2cc(F)ccc21. The molecule has 0 saturated carbocycles. The predicted molar refractivity (Wildman–Crippen MR) is 111 cm³/mol. The maximum Gasteiger partial charge on any atom is 0.300 e. The first kappa shape index (κ1) is 20.8. The van der Waals surface area contributed by atoms with E-state index in [1.807, 2.05) is 0 Å². The highest BCUT2D eigenvalue weighted by Crippen LogP contribution is 2.52. The Morgan fingerprint density at radius 1 is 0.939 bits per heavy atom. The number of hydrogen-bond acceptors (Lipinski definition) is 4. The molecule has 0 spiro atoms. The van der Waals surface area contributed by atoms with Crippen molar-refractivity contribution in [2.75, 3.05) is 0 Å². The largest absolute Gasteiger partial charge is 0.300 e. The molecule has 0 bridgehead atoms. The second-order valence-corrected chi connectivity index (χ2v) is 7.95. The van der Waals surface area contributed by atoms with Gasteiger partial charge in [0.1, 0.15) is 17.3 Å². The van der Waals surface area contributed by atoms with Gasteiger partial charge in [-0.2, -0.15) is 8.78 Å². The van der Waals surface area contributed by atoms with E-state index in [2.05, 4.69) is 32.4 Å². The van der Waals surface area contributed by atoms with Crippen LogP contribution in [0, 0.1) is 23.5 Å². The second kappa shape index (κ2) is 7.52. The van der Waals surface area contributed by atoms with E-state index in [-0.39, 0.29) is 29.3 Å². The number of halogens is 4. The van der Waals surface area contributed by atoms with E-state index in [1.54, 1.807) is 0 Å². The van der Waals surface area contributed by atoms with Crippen LogP contribution in [0.3, 0.4) is 0 Å². The quantitative estimate of drug-likeness (QED) is 0.335. The standard InChI is InChI=1S/C24H15F4N5/c1-23(14-33-22(30-31-32-33)19-12-18(26)9-10-20(19)23)24(27,28)21-11-6-16(13-29-21)3-2-15-4-7-17(25)8-5-15/h4-13H,14H2,1H3. The minimum absolute atomic E-state index is 0.214. The van der Waals surface area contributed by atoms with E-state index in [0.717, 1.165) is 12.1 Å². The number of alkyl halides is 2. The van der Waals surface area contributed by atoms with Crippen molar-refractivity contribution in [1.82, 2.24) is 25.2 Å². The van der Waals surface area contributed by atoms with E-state index >= 15 is 8.78 Å². The summed E-state index contributed by atoms with van der Waals surface area (Å²) in [6.07, 6.45) is 1.26.